The molecule has 4 aromatic rings. The summed E-state index contributed by atoms with van der Waals surface area (Å²) in [6, 6.07) is 16.2. The smallest absolute Gasteiger partial charge is 0.225 e. The molecule has 32 heavy (non-hydrogen) atoms. The lowest BCUT2D eigenvalue weighted by molar-refractivity contribution is 0.617. The number of aryl methyl sites for hydroxylation is 2. The number of benzene rings is 1. The fourth-order valence-corrected chi connectivity index (χ4v) is 3.17. The molecule has 3 aromatic heterocycles. The van der Waals surface area contributed by atoms with Gasteiger partial charge in [0.2, 0.25) is 5.95 Å². The lowest BCUT2D eigenvalue weighted by Gasteiger charge is -2.13. The molecule has 0 saturated heterocycles. The molecule has 3 N–H and O–H groups in total. The van der Waals surface area contributed by atoms with Gasteiger partial charge in [0.1, 0.15) is 11.6 Å². The molecule has 0 aliphatic heterocycles. The second-order valence-corrected chi connectivity index (χ2v) is 7.25. The molecule has 160 valence electrons. The van der Waals surface area contributed by atoms with E-state index in [-0.39, 0.29) is 11.9 Å². The number of aromatic amines is 1. The van der Waals surface area contributed by atoms with E-state index in [0.29, 0.717) is 28.8 Å². The van der Waals surface area contributed by atoms with Crippen LogP contribution in [-0.4, -0.2) is 25.1 Å². The summed E-state index contributed by atoms with van der Waals surface area (Å²) in [6.07, 6.45) is 4.39. The second-order valence-electron chi connectivity index (χ2n) is 7.25. The number of H-pyrrole nitrogens is 1. The number of aromatic nitrogens is 5. The van der Waals surface area contributed by atoms with Crippen molar-refractivity contribution in [2.24, 2.45) is 0 Å². The van der Waals surface area contributed by atoms with Crippen LogP contribution >= 0.6 is 0 Å². The molecule has 0 unspecified atom stereocenters. The number of nitrogens with zero attached hydrogens (tertiary/aromatic N) is 5. The minimum atomic E-state index is -0.377. The number of rotatable bonds is 8. The fraction of sp³-hybridized carbons (Fsp3) is 0.174. The van der Waals surface area contributed by atoms with Crippen LogP contribution in [0.2, 0.25) is 0 Å². The van der Waals surface area contributed by atoms with Crippen LogP contribution in [0, 0.1) is 17.1 Å². The average molecular weight is 428 g/mol. The number of hydrogen-bond acceptors (Lipinski definition) is 7. The molecule has 0 aliphatic carbocycles. The third kappa shape index (κ3) is 5.43. The molecule has 3 heterocycles. The van der Waals surface area contributed by atoms with Crippen LogP contribution in [0.1, 0.15) is 35.5 Å². The minimum absolute atomic E-state index is 0.192. The summed E-state index contributed by atoms with van der Waals surface area (Å²) in [5, 5.41) is 22.7. The first-order valence-corrected chi connectivity index (χ1v) is 10.1. The SMILES string of the molecule is C[C@H](Nc1nccc(Nc2cc(CCc3cccc(C#N)c3)[nH]n2)n1)c1ccc(F)cn1. The minimum Gasteiger partial charge on any atom is -0.346 e. The van der Waals surface area contributed by atoms with Crippen molar-refractivity contribution in [3.05, 3.63) is 89.3 Å². The van der Waals surface area contributed by atoms with Crippen molar-refractivity contribution < 1.29 is 4.39 Å². The summed E-state index contributed by atoms with van der Waals surface area (Å²) < 4.78 is 13.1. The normalized spacial score (nSPS) is 11.5. The highest BCUT2D eigenvalue weighted by molar-refractivity contribution is 5.53. The molecule has 0 amide bonds. The van der Waals surface area contributed by atoms with E-state index in [1.165, 1.54) is 12.3 Å². The second kappa shape index (κ2) is 9.66. The molecule has 0 spiro atoms. The lowest BCUT2D eigenvalue weighted by Crippen LogP contribution is -2.11. The van der Waals surface area contributed by atoms with Crippen LogP contribution in [0.5, 0.6) is 0 Å². The monoisotopic (exact) mass is 428 g/mol. The van der Waals surface area contributed by atoms with Gasteiger partial charge in [-0.3, -0.25) is 10.1 Å². The molecule has 0 aliphatic rings. The van der Waals surface area contributed by atoms with Crippen molar-refractivity contribution in [1.82, 2.24) is 25.1 Å². The van der Waals surface area contributed by atoms with Gasteiger partial charge in [-0.15, -0.1) is 0 Å². The zero-order chi connectivity index (χ0) is 22.3. The summed E-state index contributed by atoms with van der Waals surface area (Å²) in [4.78, 5) is 12.8. The van der Waals surface area contributed by atoms with E-state index in [1.54, 1.807) is 24.4 Å². The molecule has 0 radical (unpaired) electrons. The summed E-state index contributed by atoms with van der Waals surface area (Å²) in [7, 11) is 0. The fourth-order valence-electron chi connectivity index (χ4n) is 3.17. The van der Waals surface area contributed by atoms with Gasteiger partial charge in [0, 0.05) is 18.0 Å². The van der Waals surface area contributed by atoms with E-state index < -0.39 is 0 Å². The van der Waals surface area contributed by atoms with Crippen LogP contribution in [0.3, 0.4) is 0 Å². The third-order valence-corrected chi connectivity index (χ3v) is 4.82. The predicted octanol–water partition coefficient (Wildman–Crippen LogP) is 4.31. The van der Waals surface area contributed by atoms with E-state index in [1.807, 2.05) is 31.2 Å². The Morgan fingerprint density at radius 3 is 2.81 bits per heavy atom. The molecule has 0 fully saturated rings. The topological polar surface area (TPSA) is 115 Å². The largest absolute Gasteiger partial charge is 0.346 e. The zero-order valence-electron chi connectivity index (χ0n) is 17.4. The highest BCUT2D eigenvalue weighted by Crippen LogP contribution is 2.18. The maximum absolute atomic E-state index is 13.1. The van der Waals surface area contributed by atoms with E-state index in [0.717, 1.165) is 24.1 Å². The van der Waals surface area contributed by atoms with Crippen LogP contribution in [0.4, 0.5) is 22.0 Å². The van der Waals surface area contributed by atoms with Crippen molar-refractivity contribution in [3.63, 3.8) is 0 Å². The Morgan fingerprint density at radius 2 is 2.00 bits per heavy atom. The zero-order valence-corrected chi connectivity index (χ0v) is 17.4. The van der Waals surface area contributed by atoms with Gasteiger partial charge < -0.3 is 10.6 Å². The Labute approximate surface area is 184 Å². The van der Waals surface area contributed by atoms with E-state index in [4.69, 9.17) is 5.26 Å². The molecule has 8 nitrogen and oxygen atoms in total. The Morgan fingerprint density at radius 1 is 1.09 bits per heavy atom. The van der Waals surface area contributed by atoms with Gasteiger partial charge in [0.15, 0.2) is 5.82 Å². The van der Waals surface area contributed by atoms with Crippen molar-refractivity contribution >= 4 is 17.6 Å². The molecule has 4 rings (SSSR count). The molecule has 9 heteroatoms. The predicted molar refractivity (Wildman–Crippen MR) is 119 cm³/mol. The average Bonchev–Trinajstić information content (AvgIpc) is 3.25. The molecular formula is C23H21FN8. The van der Waals surface area contributed by atoms with E-state index in [2.05, 4.69) is 41.9 Å². The van der Waals surface area contributed by atoms with Gasteiger partial charge >= 0.3 is 0 Å². The quantitative estimate of drug-likeness (QED) is 0.383. The van der Waals surface area contributed by atoms with Gasteiger partial charge in [-0.1, -0.05) is 12.1 Å². The van der Waals surface area contributed by atoms with Gasteiger partial charge in [0.05, 0.1) is 29.6 Å². The number of pyridine rings is 1. The summed E-state index contributed by atoms with van der Waals surface area (Å²) in [6.45, 7) is 1.90. The molecule has 1 atom stereocenters. The Balaban J connectivity index is 1.36. The van der Waals surface area contributed by atoms with Crippen LogP contribution in [0.15, 0.2) is 60.9 Å². The first kappa shape index (κ1) is 20.9. The Hall–Kier alpha value is -4.32. The number of halogens is 1. The Kier molecular flexibility index (Phi) is 6.32. The standard InChI is InChI=1S/C23H21FN8/c1-15(20-8-6-18(24)14-27-20)28-23-26-10-9-21(30-23)29-22-12-19(31-32-22)7-5-16-3-2-4-17(11-16)13-25/h2-4,6,8-12,14-15H,5,7H2,1H3,(H3,26,28,29,30,31,32)/t15-/m0/s1. The van der Waals surface area contributed by atoms with Gasteiger partial charge in [-0.2, -0.15) is 15.3 Å². The van der Waals surface area contributed by atoms with Crippen molar-refractivity contribution in [3.8, 4) is 6.07 Å². The molecular weight excluding hydrogens is 407 g/mol. The van der Waals surface area contributed by atoms with Crippen LogP contribution in [-0.2, 0) is 12.8 Å². The van der Waals surface area contributed by atoms with E-state index >= 15 is 0 Å². The van der Waals surface area contributed by atoms with Gasteiger partial charge in [-0.05, 0) is 55.7 Å². The first-order chi connectivity index (χ1) is 15.6. The van der Waals surface area contributed by atoms with Crippen LogP contribution in [0.25, 0.3) is 0 Å². The maximum Gasteiger partial charge on any atom is 0.225 e. The highest BCUT2D eigenvalue weighted by Gasteiger charge is 2.10. The van der Waals surface area contributed by atoms with E-state index in [9.17, 15) is 4.39 Å². The highest BCUT2D eigenvalue weighted by atomic mass is 19.1. The van der Waals surface area contributed by atoms with Crippen molar-refractivity contribution in [2.45, 2.75) is 25.8 Å². The summed E-state index contributed by atoms with van der Waals surface area (Å²) in [5.41, 5.74) is 3.42. The Bertz CT molecular complexity index is 1230. The molecule has 0 bridgehead atoms. The third-order valence-electron chi connectivity index (χ3n) is 4.82. The summed E-state index contributed by atoms with van der Waals surface area (Å²) in [5.74, 6) is 1.27. The van der Waals surface area contributed by atoms with Gasteiger partial charge in [-0.25, -0.2) is 9.37 Å². The van der Waals surface area contributed by atoms with Crippen molar-refractivity contribution in [2.75, 3.05) is 10.6 Å². The number of nitriles is 1. The lowest BCUT2D eigenvalue weighted by atomic mass is 10.1. The number of hydrogen-bond donors (Lipinski definition) is 3. The van der Waals surface area contributed by atoms with Crippen molar-refractivity contribution in [1.29, 1.82) is 5.26 Å². The maximum atomic E-state index is 13.1. The number of anilines is 3. The summed E-state index contributed by atoms with van der Waals surface area (Å²) >= 11 is 0. The molecule has 0 saturated carbocycles. The number of nitrogens with one attached hydrogen (secondary N) is 3. The first-order valence-electron chi connectivity index (χ1n) is 10.1. The van der Waals surface area contributed by atoms with Gasteiger partial charge in [0.25, 0.3) is 0 Å². The van der Waals surface area contributed by atoms with Crippen LogP contribution < -0.4 is 10.6 Å². The molecule has 1 aromatic carbocycles.